The molecule has 6 nitrogen and oxygen atoms in total. The Morgan fingerprint density at radius 3 is 2.67 bits per heavy atom. The predicted molar refractivity (Wildman–Crippen MR) is 94.0 cm³/mol. The highest BCUT2D eigenvalue weighted by atomic mass is 35.5. The number of hydrogen-bond acceptors (Lipinski definition) is 3. The maximum atomic E-state index is 12.0. The molecule has 1 atom stereocenters. The Morgan fingerprint density at radius 1 is 1.25 bits per heavy atom. The van der Waals surface area contributed by atoms with Gasteiger partial charge in [-0.25, -0.2) is 0 Å². The second-order valence-corrected chi connectivity index (χ2v) is 5.36. The molecule has 0 radical (unpaired) electrons. The van der Waals surface area contributed by atoms with Crippen LogP contribution in [0.15, 0.2) is 41.4 Å². The minimum absolute atomic E-state index is 0. The van der Waals surface area contributed by atoms with E-state index in [2.05, 4.69) is 4.99 Å². The lowest BCUT2D eigenvalue weighted by atomic mass is 9.99. The van der Waals surface area contributed by atoms with E-state index in [-0.39, 0.29) is 18.4 Å². The first kappa shape index (κ1) is 17.9. The Labute approximate surface area is 145 Å². The number of benzene rings is 2. The predicted octanol–water partition coefficient (Wildman–Crippen LogP) is 1.73. The minimum Gasteiger partial charge on any atom is -0.384 e. The third-order valence-electron chi connectivity index (χ3n) is 3.87. The summed E-state index contributed by atoms with van der Waals surface area (Å²) in [6.07, 6.45) is -0.788. The highest BCUT2D eigenvalue weighted by Gasteiger charge is 2.29. The van der Waals surface area contributed by atoms with E-state index in [1.165, 1.54) is 0 Å². The summed E-state index contributed by atoms with van der Waals surface area (Å²) in [5.74, 6) is -0.824. The van der Waals surface area contributed by atoms with Crippen molar-refractivity contribution < 1.29 is 14.6 Å². The van der Waals surface area contributed by atoms with Crippen LogP contribution in [-0.4, -0.2) is 24.1 Å². The first-order valence-electron chi connectivity index (χ1n) is 7.10. The number of ether oxygens (including phenoxy) is 1. The highest BCUT2D eigenvalue weighted by molar-refractivity contribution is 6.02. The number of nitrogens with zero attached hydrogens (tertiary/aromatic N) is 1. The third kappa shape index (κ3) is 2.99. The Hall–Kier alpha value is -2.41. The molecular weight excluding hydrogens is 330 g/mol. The number of carbonyl (C=O) groups is 1. The van der Waals surface area contributed by atoms with Crippen molar-refractivity contribution in [2.24, 2.45) is 16.5 Å². The monoisotopic (exact) mass is 347 g/mol. The summed E-state index contributed by atoms with van der Waals surface area (Å²) in [6.45, 7) is 0.448. The first-order valence-corrected chi connectivity index (χ1v) is 7.10. The Balaban J connectivity index is 0.00000208. The van der Waals surface area contributed by atoms with Gasteiger partial charge in [0.25, 0.3) is 5.91 Å². The number of hydrogen-bond donors (Lipinski definition) is 3. The van der Waals surface area contributed by atoms with Gasteiger partial charge in [-0.3, -0.25) is 4.79 Å². The van der Waals surface area contributed by atoms with Gasteiger partial charge in [-0.05, 0) is 39.9 Å². The number of fused-ring (bicyclic) bond motifs is 3. The molecule has 3 rings (SSSR count). The maximum Gasteiger partial charge on any atom is 0.280 e. The van der Waals surface area contributed by atoms with E-state index >= 15 is 0 Å². The number of halogens is 1. The van der Waals surface area contributed by atoms with Crippen molar-refractivity contribution in [1.29, 1.82) is 0 Å². The molecule has 0 heterocycles. The van der Waals surface area contributed by atoms with E-state index < -0.39 is 12.0 Å². The molecule has 0 saturated carbocycles. The second kappa shape index (κ2) is 7.00. The lowest BCUT2D eigenvalue weighted by Crippen LogP contribution is -2.24. The van der Waals surface area contributed by atoms with Gasteiger partial charge in [0.15, 0.2) is 5.96 Å². The summed E-state index contributed by atoms with van der Waals surface area (Å²) in [5.41, 5.74) is 15.1. The van der Waals surface area contributed by atoms with Gasteiger partial charge in [0, 0.05) is 12.7 Å². The Kier molecular flexibility index (Phi) is 5.23. The molecule has 2 aromatic carbocycles. The highest BCUT2D eigenvalue weighted by Crippen LogP contribution is 2.45. The summed E-state index contributed by atoms with van der Waals surface area (Å²) in [6, 6.07) is 10.8. The van der Waals surface area contributed by atoms with Crippen LogP contribution in [0.2, 0.25) is 0 Å². The van der Waals surface area contributed by atoms with Crippen LogP contribution in [0.1, 0.15) is 33.2 Å². The smallest absolute Gasteiger partial charge is 0.280 e. The van der Waals surface area contributed by atoms with E-state index in [0.29, 0.717) is 17.7 Å². The van der Waals surface area contributed by atoms with Gasteiger partial charge >= 0.3 is 0 Å². The van der Waals surface area contributed by atoms with E-state index in [0.717, 1.165) is 22.3 Å². The van der Waals surface area contributed by atoms with Crippen molar-refractivity contribution in [1.82, 2.24) is 0 Å². The molecule has 0 fully saturated rings. The molecule has 0 saturated heterocycles. The SMILES string of the molecule is COCc1cccc2c1-c1ccc(C(=O)N=C(N)N)cc1C2O.Cl. The van der Waals surface area contributed by atoms with Crippen LogP contribution in [0, 0.1) is 0 Å². The number of rotatable bonds is 3. The lowest BCUT2D eigenvalue weighted by Gasteiger charge is -2.09. The van der Waals surface area contributed by atoms with Gasteiger partial charge in [0.1, 0.15) is 6.10 Å². The van der Waals surface area contributed by atoms with Crippen LogP contribution in [0.5, 0.6) is 0 Å². The topological polar surface area (TPSA) is 111 Å². The van der Waals surface area contributed by atoms with Gasteiger partial charge in [-0.1, -0.05) is 24.3 Å². The van der Waals surface area contributed by atoms with Gasteiger partial charge in [-0.15, -0.1) is 12.4 Å². The fourth-order valence-electron chi connectivity index (χ4n) is 2.95. The molecule has 0 aliphatic heterocycles. The number of aliphatic imine (C=N–C) groups is 1. The van der Waals surface area contributed by atoms with Crippen LogP contribution >= 0.6 is 12.4 Å². The Bertz CT molecular complexity index is 817. The average molecular weight is 348 g/mol. The zero-order valence-electron chi connectivity index (χ0n) is 13.0. The normalized spacial score (nSPS) is 14.3. The zero-order valence-corrected chi connectivity index (χ0v) is 13.8. The zero-order chi connectivity index (χ0) is 16.6. The van der Waals surface area contributed by atoms with Crippen molar-refractivity contribution in [3.63, 3.8) is 0 Å². The number of amides is 1. The fraction of sp³-hybridized carbons (Fsp3) is 0.176. The molecular formula is C17H18ClN3O3. The summed E-state index contributed by atoms with van der Waals surface area (Å²) in [5, 5.41) is 10.6. The summed E-state index contributed by atoms with van der Waals surface area (Å²) in [4.78, 5) is 15.5. The second-order valence-electron chi connectivity index (χ2n) is 5.36. The molecule has 1 unspecified atom stereocenters. The molecule has 0 spiro atoms. The molecule has 1 aliphatic carbocycles. The van der Waals surface area contributed by atoms with E-state index in [1.807, 2.05) is 18.2 Å². The standard InChI is InChI=1S/C17H17N3O3.ClH/c1-23-8-10-3-2-4-12-14(10)11-6-5-9(7-13(11)15(12)21)16(22)20-17(18)19;/h2-7,15,21H,8H2,1H3,(H4,18,19,20,22);1H. The maximum absolute atomic E-state index is 12.0. The van der Waals surface area contributed by atoms with Crippen LogP contribution in [0.4, 0.5) is 0 Å². The van der Waals surface area contributed by atoms with Crippen LogP contribution < -0.4 is 11.5 Å². The fourth-order valence-corrected chi connectivity index (χ4v) is 2.95. The molecule has 2 aromatic rings. The number of methoxy groups -OCH3 is 1. The van der Waals surface area contributed by atoms with E-state index in [1.54, 1.807) is 25.3 Å². The number of guanidine groups is 1. The van der Waals surface area contributed by atoms with Crippen LogP contribution in [0.3, 0.4) is 0 Å². The largest absolute Gasteiger partial charge is 0.384 e. The quantitative estimate of drug-likeness (QED) is 0.578. The van der Waals surface area contributed by atoms with Gasteiger partial charge in [-0.2, -0.15) is 4.99 Å². The number of aliphatic hydroxyl groups is 1. The van der Waals surface area contributed by atoms with Gasteiger partial charge < -0.3 is 21.3 Å². The molecule has 7 heteroatoms. The van der Waals surface area contributed by atoms with Crippen molar-refractivity contribution in [3.05, 3.63) is 58.7 Å². The van der Waals surface area contributed by atoms with Crippen molar-refractivity contribution in [2.75, 3.05) is 7.11 Å². The minimum atomic E-state index is -0.788. The summed E-state index contributed by atoms with van der Waals surface area (Å²) >= 11 is 0. The third-order valence-corrected chi connectivity index (χ3v) is 3.87. The van der Waals surface area contributed by atoms with Crippen molar-refractivity contribution >= 4 is 24.3 Å². The number of aliphatic hydroxyl groups excluding tert-OH is 1. The average Bonchev–Trinajstić information content (AvgIpc) is 2.81. The molecule has 24 heavy (non-hydrogen) atoms. The molecule has 5 N–H and O–H groups in total. The van der Waals surface area contributed by atoms with Gasteiger partial charge in [0.05, 0.1) is 6.61 Å². The molecule has 126 valence electrons. The molecule has 0 bridgehead atoms. The molecule has 0 aromatic heterocycles. The van der Waals surface area contributed by atoms with Crippen LogP contribution in [0.25, 0.3) is 11.1 Å². The Morgan fingerprint density at radius 2 is 2.00 bits per heavy atom. The summed E-state index contributed by atoms with van der Waals surface area (Å²) < 4.78 is 5.23. The van der Waals surface area contributed by atoms with Crippen molar-refractivity contribution in [2.45, 2.75) is 12.7 Å². The molecule has 1 aliphatic rings. The molecule has 1 amide bonds. The van der Waals surface area contributed by atoms with Gasteiger partial charge in [0.2, 0.25) is 0 Å². The first-order chi connectivity index (χ1) is 11.0. The van der Waals surface area contributed by atoms with Crippen molar-refractivity contribution in [3.8, 4) is 11.1 Å². The van der Waals surface area contributed by atoms with E-state index in [9.17, 15) is 9.90 Å². The summed E-state index contributed by atoms with van der Waals surface area (Å²) in [7, 11) is 1.63. The number of nitrogens with two attached hydrogens (primary N) is 2. The number of carbonyl (C=O) groups excluding carboxylic acids is 1. The lowest BCUT2D eigenvalue weighted by molar-refractivity contribution is 0.100. The van der Waals surface area contributed by atoms with E-state index in [4.69, 9.17) is 16.2 Å². The van der Waals surface area contributed by atoms with Crippen LogP contribution in [-0.2, 0) is 11.3 Å².